The number of nitrogens with two attached hydrogens (primary N) is 1. The minimum Gasteiger partial charge on any atom is -0.409 e. The summed E-state index contributed by atoms with van der Waals surface area (Å²) in [7, 11) is 0. The lowest BCUT2D eigenvalue weighted by molar-refractivity contribution is 0.283. The van der Waals surface area contributed by atoms with Crippen LogP contribution >= 0.6 is 0 Å². The van der Waals surface area contributed by atoms with E-state index in [0.717, 1.165) is 19.6 Å². The molecule has 0 heterocycles. The summed E-state index contributed by atoms with van der Waals surface area (Å²) in [5, 5.41) is 11.5. The normalized spacial score (nSPS) is 12.1. The number of rotatable bonds is 6. The summed E-state index contributed by atoms with van der Waals surface area (Å²) in [4.78, 5) is 2.27. The molecule has 0 bridgehead atoms. The number of hydrogen-bond acceptors (Lipinski definition) is 3. The number of amidine groups is 1. The zero-order valence-corrected chi connectivity index (χ0v) is 10.6. The van der Waals surface area contributed by atoms with E-state index in [9.17, 15) is 0 Å². The van der Waals surface area contributed by atoms with Crippen LogP contribution in [0.3, 0.4) is 0 Å². The molecule has 0 saturated heterocycles. The lowest BCUT2D eigenvalue weighted by atomic mass is 10.1. The van der Waals surface area contributed by atoms with Crippen molar-refractivity contribution in [2.45, 2.75) is 26.8 Å². The van der Waals surface area contributed by atoms with Gasteiger partial charge in [-0.25, -0.2) is 0 Å². The second-order valence-corrected chi connectivity index (χ2v) is 4.20. The van der Waals surface area contributed by atoms with Crippen LogP contribution in [0.2, 0.25) is 0 Å². The molecule has 0 saturated carbocycles. The van der Waals surface area contributed by atoms with Gasteiger partial charge in [-0.1, -0.05) is 41.9 Å². The first-order chi connectivity index (χ1) is 8.15. The Kier molecular flexibility index (Phi) is 5.49. The number of hydrogen-bond donors (Lipinski definition) is 2. The van der Waals surface area contributed by atoms with Crippen LogP contribution in [-0.4, -0.2) is 29.0 Å². The van der Waals surface area contributed by atoms with Crippen molar-refractivity contribution in [3.63, 3.8) is 0 Å². The quantitative estimate of drug-likeness (QED) is 0.343. The van der Waals surface area contributed by atoms with E-state index in [1.54, 1.807) is 0 Å². The van der Waals surface area contributed by atoms with Gasteiger partial charge in [-0.05, 0) is 19.0 Å². The molecule has 0 atom stereocenters. The van der Waals surface area contributed by atoms with Crippen LogP contribution in [0, 0.1) is 6.92 Å². The number of nitrogens with zero attached hydrogens (tertiary/aromatic N) is 2. The summed E-state index contributed by atoms with van der Waals surface area (Å²) < 4.78 is 0. The molecule has 4 nitrogen and oxygen atoms in total. The number of aryl methyl sites for hydroxylation is 1. The van der Waals surface area contributed by atoms with Crippen LogP contribution in [0.1, 0.15) is 24.5 Å². The van der Waals surface area contributed by atoms with E-state index >= 15 is 0 Å². The second-order valence-electron chi connectivity index (χ2n) is 4.20. The van der Waals surface area contributed by atoms with Gasteiger partial charge in [-0.15, -0.1) is 0 Å². The third-order valence-corrected chi connectivity index (χ3v) is 2.75. The maximum absolute atomic E-state index is 8.49. The van der Waals surface area contributed by atoms with Gasteiger partial charge >= 0.3 is 0 Å². The van der Waals surface area contributed by atoms with Crippen molar-refractivity contribution in [3.8, 4) is 0 Å². The third-order valence-electron chi connectivity index (χ3n) is 2.75. The van der Waals surface area contributed by atoms with Crippen molar-refractivity contribution in [2.24, 2.45) is 10.9 Å². The highest BCUT2D eigenvalue weighted by molar-refractivity contribution is 5.79. The first-order valence-corrected chi connectivity index (χ1v) is 5.90. The fraction of sp³-hybridized carbons (Fsp3) is 0.462. The van der Waals surface area contributed by atoms with Gasteiger partial charge in [0, 0.05) is 19.5 Å². The Morgan fingerprint density at radius 3 is 2.82 bits per heavy atom. The molecular weight excluding hydrogens is 214 g/mol. The molecule has 0 radical (unpaired) electrons. The van der Waals surface area contributed by atoms with Crippen LogP contribution in [0.15, 0.2) is 29.4 Å². The molecule has 0 aliphatic carbocycles. The van der Waals surface area contributed by atoms with Gasteiger partial charge in [-0.2, -0.15) is 0 Å². The Hall–Kier alpha value is -1.55. The molecule has 1 aromatic rings. The molecule has 0 fully saturated rings. The lowest BCUT2D eigenvalue weighted by Gasteiger charge is -2.20. The molecule has 0 amide bonds. The first kappa shape index (κ1) is 13.5. The Morgan fingerprint density at radius 1 is 1.47 bits per heavy atom. The van der Waals surface area contributed by atoms with Gasteiger partial charge in [0.2, 0.25) is 0 Å². The van der Waals surface area contributed by atoms with Crippen molar-refractivity contribution in [1.82, 2.24) is 4.90 Å². The van der Waals surface area contributed by atoms with Crippen LogP contribution in [0.4, 0.5) is 0 Å². The van der Waals surface area contributed by atoms with Gasteiger partial charge in [-0.3, -0.25) is 4.90 Å². The molecule has 0 unspecified atom stereocenters. The van der Waals surface area contributed by atoms with Gasteiger partial charge in [0.25, 0.3) is 0 Å². The third kappa shape index (κ3) is 4.87. The minimum atomic E-state index is 0.285. The van der Waals surface area contributed by atoms with Crippen molar-refractivity contribution >= 4 is 5.84 Å². The first-order valence-electron chi connectivity index (χ1n) is 5.90. The molecule has 0 spiro atoms. The predicted octanol–water partition coefficient (Wildman–Crippen LogP) is 1.95. The highest BCUT2D eigenvalue weighted by atomic mass is 16.4. The summed E-state index contributed by atoms with van der Waals surface area (Å²) in [6.07, 6.45) is 0.593. The van der Waals surface area contributed by atoms with Crippen LogP contribution in [-0.2, 0) is 6.54 Å². The fourth-order valence-corrected chi connectivity index (χ4v) is 1.74. The summed E-state index contributed by atoms with van der Waals surface area (Å²) in [5.41, 5.74) is 8.04. The Balaban J connectivity index is 2.52. The molecule has 1 aromatic carbocycles. The predicted molar refractivity (Wildman–Crippen MR) is 70.2 cm³/mol. The standard InChI is InChI=1S/C13H21N3O/c1-3-16(8-7-13(14)15-17)10-12-6-4-5-11(2)9-12/h4-6,9,17H,3,7-8,10H2,1-2H3,(H2,14,15). The molecule has 4 heteroatoms. The van der Waals surface area contributed by atoms with Crippen LogP contribution in [0.5, 0.6) is 0 Å². The maximum atomic E-state index is 8.49. The summed E-state index contributed by atoms with van der Waals surface area (Å²) in [6, 6.07) is 8.48. The Morgan fingerprint density at radius 2 is 2.24 bits per heavy atom. The average molecular weight is 235 g/mol. The van der Waals surface area contributed by atoms with E-state index in [0.29, 0.717) is 6.42 Å². The van der Waals surface area contributed by atoms with Gasteiger partial charge in [0.05, 0.1) is 0 Å². The fourth-order valence-electron chi connectivity index (χ4n) is 1.74. The van der Waals surface area contributed by atoms with Gasteiger partial charge in [0.1, 0.15) is 5.84 Å². The van der Waals surface area contributed by atoms with E-state index in [1.807, 2.05) is 0 Å². The summed E-state index contributed by atoms with van der Waals surface area (Å²) >= 11 is 0. The van der Waals surface area contributed by atoms with Crippen molar-refractivity contribution < 1.29 is 5.21 Å². The lowest BCUT2D eigenvalue weighted by Crippen LogP contribution is -2.27. The van der Waals surface area contributed by atoms with Crippen molar-refractivity contribution in [2.75, 3.05) is 13.1 Å². The van der Waals surface area contributed by atoms with E-state index in [1.165, 1.54) is 11.1 Å². The zero-order chi connectivity index (χ0) is 12.7. The zero-order valence-electron chi connectivity index (χ0n) is 10.6. The van der Waals surface area contributed by atoms with Crippen molar-refractivity contribution in [3.05, 3.63) is 35.4 Å². The Bertz CT molecular complexity index is 377. The average Bonchev–Trinajstić information content (AvgIpc) is 2.34. The largest absolute Gasteiger partial charge is 0.409 e. The molecule has 0 aliphatic rings. The highest BCUT2D eigenvalue weighted by Gasteiger charge is 2.05. The molecule has 0 aliphatic heterocycles. The smallest absolute Gasteiger partial charge is 0.140 e. The molecule has 0 aromatic heterocycles. The maximum Gasteiger partial charge on any atom is 0.140 e. The van der Waals surface area contributed by atoms with Crippen LogP contribution in [0.25, 0.3) is 0 Å². The van der Waals surface area contributed by atoms with E-state index in [2.05, 4.69) is 48.2 Å². The van der Waals surface area contributed by atoms with E-state index in [-0.39, 0.29) is 5.84 Å². The molecule has 17 heavy (non-hydrogen) atoms. The summed E-state index contributed by atoms with van der Waals surface area (Å²) in [6.45, 7) is 6.86. The van der Waals surface area contributed by atoms with Crippen LogP contribution < -0.4 is 5.73 Å². The number of oxime groups is 1. The Labute approximate surface area is 103 Å². The topological polar surface area (TPSA) is 61.8 Å². The SMILES string of the molecule is CCN(CCC(N)=NO)Cc1cccc(C)c1. The molecule has 94 valence electrons. The van der Waals surface area contributed by atoms with Crippen molar-refractivity contribution in [1.29, 1.82) is 0 Å². The second kappa shape index (κ2) is 6.91. The van der Waals surface area contributed by atoms with Gasteiger partial charge in [0.15, 0.2) is 0 Å². The highest BCUT2D eigenvalue weighted by Crippen LogP contribution is 2.07. The molecule has 3 N–H and O–H groups in total. The monoisotopic (exact) mass is 235 g/mol. The number of benzene rings is 1. The van der Waals surface area contributed by atoms with E-state index in [4.69, 9.17) is 10.9 Å². The molecular formula is C13H21N3O. The summed E-state index contributed by atoms with van der Waals surface area (Å²) in [5.74, 6) is 0.285. The minimum absolute atomic E-state index is 0.285. The van der Waals surface area contributed by atoms with Gasteiger partial charge < -0.3 is 10.9 Å². The van der Waals surface area contributed by atoms with E-state index < -0.39 is 0 Å². The molecule has 1 rings (SSSR count).